The fraction of sp³-hybridized carbons (Fsp3) is 1.00. The van der Waals surface area contributed by atoms with E-state index in [1.807, 2.05) is 0 Å². The van der Waals surface area contributed by atoms with Gasteiger partial charge in [0.2, 0.25) is 0 Å². The molecule has 54 valence electrons. The minimum Gasteiger partial charge on any atom is -0.381 e. The van der Waals surface area contributed by atoms with E-state index in [9.17, 15) is 0 Å². The van der Waals surface area contributed by atoms with E-state index < -0.39 is 0 Å². The van der Waals surface area contributed by atoms with Gasteiger partial charge in [-0.2, -0.15) is 0 Å². The van der Waals surface area contributed by atoms with Crippen LogP contribution in [-0.4, -0.2) is 26.4 Å². The lowest BCUT2D eigenvalue weighted by Gasteiger charge is -2.20. The van der Waals surface area contributed by atoms with Crippen molar-refractivity contribution in [2.45, 2.75) is 18.9 Å². The first kappa shape index (κ1) is 6.99. The zero-order chi connectivity index (χ0) is 6.53. The first-order valence-corrected chi connectivity index (χ1v) is 3.33. The molecule has 0 unspecified atom stereocenters. The Hall–Kier alpha value is -0.120. The van der Waals surface area contributed by atoms with Gasteiger partial charge < -0.3 is 4.74 Å². The van der Waals surface area contributed by atoms with Crippen molar-refractivity contribution in [3.8, 4) is 0 Å². The van der Waals surface area contributed by atoms with Gasteiger partial charge in [0.25, 0.3) is 0 Å². The van der Waals surface area contributed by atoms with Gasteiger partial charge in [0.1, 0.15) is 0 Å². The molecule has 1 fully saturated rings. The summed E-state index contributed by atoms with van der Waals surface area (Å²) < 4.78 is 5.14. The van der Waals surface area contributed by atoms with Crippen LogP contribution in [0.4, 0.5) is 0 Å². The highest BCUT2D eigenvalue weighted by Gasteiger charge is 2.12. The molecule has 1 N–H and O–H groups in total. The molecule has 1 rings (SSSR count). The number of rotatable bonds is 2. The highest BCUT2D eigenvalue weighted by molar-refractivity contribution is 4.60. The molecule has 0 amide bonds. The molecule has 0 bridgehead atoms. The van der Waals surface area contributed by atoms with Crippen LogP contribution in [-0.2, 0) is 9.57 Å². The van der Waals surface area contributed by atoms with Crippen molar-refractivity contribution < 1.29 is 9.57 Å². The van der Waals surface area contributed by atoms with E-state index >= 15 is 0 Å². The molecule has 0 aliphatic carbocycles. The summed E-state index contributed by atoms with van der Waals surface area (Å²) in [5.41, 5.74) is 2.68. The van der Waals surface area contributed by atoms with Crippen molar-refractivity contribution >= 4 is 0 Å². The van der Waals surface area contributed by atoms with Crippen LogP contribution in [0, 0.1) is 0 Å². The van der Waals surface area contributed by atoms with Gasteiger partial charge in [-0.15, -0.1) is 0 Å². The number of ether oxygens (including phenoxy) is 1. The van der Waals surface area contributed by atoms with Crippen LogP contribution in [0.25, 0.3) is 0 Å². The molecule has 0 aromatic rings. The molecule has 0 atom stereocenters. The van der Waals surface area contributed by atoms with E-state index in [2.05, 4.69) is 5.48 Å². The van der Waals surface area contributed by atoms with Crippen LogP contribution in [0.5, 0.6) is 0 Å². The Bertz CT molecular complexity index is 68.7. The lowest BCUT2D eigenvalue weighted by Crippen LogP contribution is -2.27. The number of hydroxylamine groups is 1. The molecule has 3 heteroatoms. The van der Waals surface area contributed by atoms with Crippen LogP contribution >= 0.6 is 0 Å². The second-order valence-corrected chi connectivity index (χ2v) is 2.13. The molecule has 1 aliphatic heterocycles. The highest BCUT2D eigenvalue weighted by atomic mass is 16.7. The third kappa shape index (κ3) is 2.30. The van der Waals surface area contributed by atoms with E-state index in [1.54, 1.807) is 7.05 Å². The molecular weight excluding hydrogens is 118 g/mol. The highest BCUT2D eigenvalue weighted by Crippen LogP contribution is 2.08. The average molecular weight is 131 g/mol. The van der Waals surface area contributed by atoms with Gasteiger partial charge in [0.15, 0.2) is 0 Å². The topological polar surface area (TPSA) is 30.5 Å². The summed E-state index contributed by atoms with van der Waals surface area (Å²) in [6.45, 7) is 1.68. The quantitative estimate of drug-likeness (QED) is 0.547. The van der Waals surface area contributed by atoms with Crippen LogP contribution in [0.3, 0.4) is 0 Å². The Labute approximate surface area is 55.3 Å². The molecule has 3 nitrogen and oxygen atoms in total. The summed E-state index contributed by atoms with van der Waals surface area (Å²) in [5, 5.41) is 0. The predicted octanol–water partition coefficient (Wildman–Crippen LogP) is 0.316. The summed E-state index contributed by atoms with van der Waals surface area (Å²) in [6.07, 6.45) is 2.39. The van der Waals surface area contributed by atoms with Crippen molar-refractivity contribution in [2.75, 3.05) is 20.3 Å². The maximum Gasteiger partial charge on any atom is 0.0834 e. The van der Waals surface area contributed by atoms with E-state index in [-0.39, 0.29) is 0 Å². The first-order valence-electron chi connectivity index (χ1n) is 3.33. The molecule has 0 aromatic carbocycles. The lowest BCUT2D eigenvalue weighted by atomic mass is 10.2. The first-order chi connectivity index (χ1) is 4.43. The van der Waals surface area contributed by atoms with Crippen molar-refractivity contribution in [2.24, 2.45) is 0 Å². The van der Waals surface area contributed by atoms with E-state index in [0.29, 0.717) is 6.10 Å². The molecule has 0 saturated carbocycles. The minimum atomic E-state index is 0.365. The van der Waals surface area contributed by atoms with Gasteiger partial charge in [-0.25, -0.2) is 5.48 Å². The SMILES string of the molecule is CNOC1CCOCC1. The van der Waals surface area contributed by atoms with Crippen LogP contribution in [0.1, 0.15) is 12.8 Å². The van der Waals surface area contributed by atoms with Gasteiger partial charge >= 0.3 is 0 Å². The van der Waals surface area contributed by atoms with Gasteiger partial charge in [-0.3, -0.25) is 4.84 Å². The standard InChI is InChI=1S/C6H13NO2/c1-7-9-6-2-4-8-5-3-6/h6-7H,2-5H2,1H3. The lowest BCUT2D eigenvalue weighted by molar-refractivity contribution is -0.0697. The zero-order valence-corrected chi connectivity index (χ0v) is 5.72. The predicted molar refractivity (Wildman–Crippen MR) is 34.0 cm³/mol. The Balaban J connectivity index is 2.08. The molecular formula is C6H13NO2. The number of hydrogen-bond donors (Lipinski definition) is 1. The summed E-state index contributed by atoms with van der Waals surface area (Å²) in [4.78, 5) is 5.15. The second-order valence-electron chi connectivity index (χ2n) is 2.13. The molecule has 1 aliphatic rings. The molecule has 0 aromatic heterocycles. The fourth-order valence-corrected chi connectivity index (χ4v) is 0.960. The molecule has 9 heavy (non-hydrogen) atoms. The minimum absolute atomic E-state index is 0.365. The molecule has 0 radical (unpaired) electrons. The maximum absolute atomic E-state index is 5.15. The largest absolute Gasteiger partial charge is 0.381 e. The van der Waals surface area contributed by atoms with Gasteiger partial charge in [-0.1, -0.05) is 0 Å². The molecule has 0 spiro atoms. The summed E-state index contributed by atoms with van der Waals surface area (Å²) >= 11 is 0. The van der Waals surface area contributed by atoms with Gasteiger partial charge in [0.05, 0.1) is 6.10 Å². The number of nitrogens with one attached hydrogen (secondary N) is 1. The number of hydrogen-bond acceptors (Lipinski definition) is 3. The summed E-state index contributed by atoms with van der Waals surface area (Å²) in [7, 11) is 1.79. The van der Waals surface area contributed by atoms with Crippen LogP contribution < -0.4 is 5.48 Å². The van der Waals surface area contributed by atoms with E-state index in [4.69, 9.17) is 9.57 Å². The molecule has 1 heterocycles. The smallest absolute Gasteiger partial charge is 0.0834 e. The van der Waals surface area contributed by atoms with Crippen LogP contribution in [0.2, 0.25) is 0 Å². The third-order valence-corrected chi connectivity index (χ3v) is 1.45. The van der Waals surface area contributed by atoms with Crippen molar-refractivity contribution in [3.05, 3.63) is 0 Å². The summed E-state index contributed by atoms with van der Waals surface area (Å²) in [6, 6.07) is 0. The van der Waals surface area contributed by atoms with Crippen molar-refractivity contribution in [1.29, 1.82) is 0 Å². The average Bonchev–Trinajstić information content (AvgIpc) is 1.91. The Morgan fingerprint density at radius 2 is 2.11 bits per heavy atom. The van der Waals surface area contributed by atoms with Crippen molar-refractivity contribution in [3.63, 3.8) is 0 Å². The second kappa shape index (κ2) is 3.82. The zero-order valence-electron chi connectivity index (χ0n) is 5.72. The maximum atomic E-state index is 5.15. The van der Waals surface area contributed by atoms with Crippen molar-refractivity contribution in [1.82, 2.24) is 5.48 Å². The van der Waals surface area contributed by atoms with Gasteiger partial charge in [-0.05, 0) is 12.8 Å². The Morgan fingerprint density at radius 1 is 1.44 bits per heavy atom. The normalized spacial score (nSPS) is 22.3. The fourth-order valence-electron chi connectivity index (χ4n) is 0.960. The Morgan fingerprint density at radius 3 is 2.67 bits per heavy atom. The third-order valence-electron chi connectivity index (χ3n) is 1.45. The van der Waals surface area contributed by atoms with Crippen LogP contribution in [0.15, 0.2) is 0 Å². The van der Waals surface area contributed by atoms with E-state index in [0.717, 1.165) is 26.1 Å². The van der Waals surface area contributed by atoms with E-state index in [1.165, 1.54) is 0 Å². The monoisotopic (exact) mass is 131 g/mol. The summed E-state index contributed by atoms with van der Waals surface area (Å²) in [5.74, 6) is 0. The van der Waals surface area contributed by atoms with Gasteiger partial charge in [0, 0.05) is 20.3 Å². The Kier molecular flexibility index (Phi) is 2.97. The molecule has 1 saturated heterocycles.